The highest BCUT2D eigenvalue weighted by Gasteiger charge is 2.72. The first-order valence-electron chi connectivity index (χ1n) is 15.1. The van der Waals surface area contributed by atoms with Crippen molar-refractivity contribution < 1.29 is 70.4 Å². The van der Waals surface area contributed by atoms with Crippen molar-refractivity contribution in [2.75, 3.05) is 24.0 Å². The molecule has 0 bridgehead atoms. The molecular weight excluding hydrogens is 724 g/mol. The summed E-state index contributed by atoms with van der Waals surface area (Å²) in [5, 5.41) is 31.7. The fourth-order valence-corrected chi connectivity index (χ4v) is 4.87. The van der Waals surface area contributed by atoms with Gasteiger partial charge in [0.1, 0.15) is 43.5 Å². The summed E-state index contributed by atoms with van der Waals surface area (Å²) in [7, 11) is 0. The minimum Gasteiger partial charge on any atom is -0.492 e. The third kappa shape index (κ3) is 9.50. The number of hydrogen-bond acceptors (Lipinski definition) is 10. The lowest BCUT2D eigenvalue weighted by atomic mass is 9.88. The van der Waals surface area contributed by atoms with Crippen molar-refractivity contribution in [1.82, 2.24) is 0 Å². The second-order valence-corrected chi connectivity index (χ2v) is 11.3. The van der Waals surface area contributed by atoms with Gasteiger partial charge in [-0.3, -0.25) is 30.5 Å². The Kier molecular flexibility index (Phi) is 12.5. The zero-order chi connectivity index (χ0) is 39.0. The quantitative estimate of drug-likeness (QED) is 0.0378. The molecule has 0 aliphatic heterocycles. The van der Waals surface area contributed by atoms with Crippen LogP contribution in [0, 0.1) is 22.5 Å². The van der Waals surface area contributed by atoms with Crippen LogP contribution >= 0.6 is 0 Å². The fourth-order valence-electron chi connectivity index (χ4n) is 4.87. The van der Waals surface area contributed by atoms with E-state index in [1.807, 2.05) is 13.0 Å². The molecule has 0 spiro atoms. The lowest BCUT2D eigenvalue weighted by molar-refractivity contribution is -0.385. The average Bonchev–Trinajstić information content (AvgIpc) is 3.09. The molecule has 13 nitrogen and oxygen atoms in total. The van der Waals surface area contributed by atoms with Crippen LogP contribution in [0.4, 0.5) is 43.4 Å². The van der Waals surface area contributed by atoms with Gasteiger partial charge in [0.25, 0.3) is 11.6 Å². The van der Waals surface area contributed by atoms with Crippen LogP contribution in [-0.2, 0) is 22.9 Å². The Morgan fingerprint density at radius 2 is 1.34 bits per heavy atom. The molecule has 282 valence electrons. The number of rotatable bonds is 16. The van der Waals surface area contributed by atoms with E-state index < -0.39 is 70.3 Å². The summed E-state index contributed by atoms with van der Waals surface area (Å²) in [6.07, 6.45) is -11.8. The van der Waals surface area contributed by atoms with Crippen molar-refractivity contribution in [2.24, 2.45) is 5.41 Å². The van der Waals surface area contributed by atoms with Crippen LogP contribution in [0.15, 0.2) is 84.9 Å². The number of carboxylic acid groups (broad SMARTS) is 1. The number of alkyl halides is 6. The van der Waals surface area contributed by atoms with Gasteiger partial charge in [0.2, 0.25) is 5.41 Å². The lowest BCUT2D eigenvalue weighted by Gasteiger charge is -2.36. The number of amides is 1. The van der Waals surface area contributed by atoms with Gasteiger partial charge in [-0.05, 0) is 78.2 Å². The lowest BCUT2D eigenvalue weighted by Crippen LogP contribution is -2.57. The maximum absolute atomic E-state index is 14.2. The molecule has 53 heavy (non-hydrogen) atoms. The van der Waals surface area contributed by atoms with Gasteiger partial charge in [-0.1, -0.05) is 24.3 Å². The van der Waals surface area contributed by atoms with E-state index >= 15 is 0 Å². The van der Waals surface area contributed by atoms with Crippen molar-refractivity contribution >= 4 is 28.9 Å². The van der Waals surface area contributed by atoms with Crippen LogP contribution in [0.5, 0.6) is 11.5 Å². The molecule has 19 heteroatoms. The number of anilines is 2. The van der Waals surface area contributed by atoms with Gasteiger partial charge in [-0.2, -0.15) is 26.3 Å². The number of carboxylic acids is 1. The molecule has 4 rings (SSSR count). The molecule has 0 saturated carbocycles. The molecule has 0 aliphatic rings. The Bertz CT molecular complexity index is 1870. The maximum Gasteiger partial charge on any atom is 0.409 e. The second kappa shape index (κ2) is 16.6. The number of nitro groups is 1. The van der Waals surface area contributed by atoms with Crippen LogP contribution in [0.1, 0.15) is 37.4 Å². The number of ether oxygens (including phenoxy) is 2. The number of carbonyl (C=O) groups excluding carboxylic acids is 1. The Hall–Kier alpha value is -5.92. The summed E-state index contributed by atoms with van der Waals surface area (Å²) in [6.45, 7) is -2.14. The van der Waals surface area contributed by atoms with E-state index in [1.165, 1.54) is 12.1 Å². The van der Waals surface area contributed by atoms with Crippen molar-refractivity contribution in [2.45, 2.75) is 32.5 Å². The maximum atomic E-state index is 14.2. The first kappa shape index (κ1) is 39.9. The van der Waals surface area contributed by atoms with E-state index in [0.29, 0.717) is 11.1 Å². The Morgan fingerprint density at radius 3 is 1.85 bits per heavy atom. The van der Waals surface area contributed by atoms with Crippen LogP contribution < -0.4 is 20.3 Å². The monoisotopic (exact) mass is 753 g/mol. The number of nitro benzene ring substituents is 1. The number of nitrogens with one attached hydrogen (secondary N) is 2. The number of hydrogen-bond donors (Lipinski definition) is 4. The summed E-state index contributed by atoms with van der Waals surface area (Å²) in [5.74, 6) is -3.66. The predicted octanol–water partition coefficient (Wildman–Crippen LogP) is 7.96. The van der Waals surface area contributed by atoms with E-state index in [-0.39, 0.29) is 30.3 Å². The minimum atomic E-state index is -5.91. The second-order valence-electron chi connectivity index (χ2n) is 11.3. The molecule has 1 amide bonds. The highest BCUT2D eigenvalue weighted by molar-refractivity contribution is 6.13. The van der Waals surface area contributed by atoms with E-state index in [0.717, 1.165) is 60.2 Å². The largest absolute Gasteiger partial charge is 0.492 e. The first-order chi connectivity index (χ1) is 25.0. The Labute approximate surface area is 295 Å². The molecule has 0 saturated heterocycles. The third-order valence-corrected chi connectivity index (χ3v) is 7.85. The summed E-state index contributed by atoms with van der Waals surface area (Å²) < 4.78 is 95.2. The highest BCUT2D eigenvalue weighted by Crippen LogP contribution is 2.51. The van der Waals surface area contributed by atoms with Gasteiger partial charge in [-0.15, -0.1) is 0 Å². The van der Waals surface area contributed by atoms with Gasteiger partial charge in [0, 0.05) is 11.8 Å². The Morgan fingerprint density at radius 1 is 0.792 bits per heavy atom. The van der Waals surface area contributed by atoms with Crippen molar-refractivity contribution in [3.8, 4) is 11.5 Å². The standard InChI is InChI=1S/C34H29F6N3O10/c1-20-4-2-5-21(16-53-49)27(20)17-52-42-23-10-14-25(15-11-23)51-19-32(33(35,36)37,34(38,39)40)18-50-24-12-8-22(9-13-24)41-30(44)29-26(31(45)46)6-3-7-28(29)43(47)48/h2-15,42,49H,16-19H2,1H3,(H,41,44)(H,45,46). The van der Waals surface area contributed by atoms with Gasteiger partial charge >= 0.3 is 18.3 Å². The molecule has 4 N–H and O–H groups in total. The number of carbonyl (C=O) groups is 2. The molecule has 0 fully saturated rings. The number of aromatic carboxylic acids is 1. The van der Waals surface area contributed by atoms with Crippen LogP contribution in [-0.4, -0.2) is 52.7 Å². The zero-order valence-corrected chi connectivity index (χ0v) is 27.3. The van der Waals surface area contributed by atoms with E-state index in [2.05, 4.69) is 15.7 Å². The molecule has 0 unspecified atom stereocenters. The number of halogens is 6. The number of benzene rings is 4. The molecule has 0 heterocycles. The van der Waals surface area contributed by atoms with E-state index in [1.54, 1.807) is 12.1 Å². The fraction of sp³-hybridized carbons (Fsp3) is 0.235. The summed E-state index contributed by atoms with van der Waals surface area (Å²) in [5.41, 5.74) is -1.85. The smallest absolute Gasteiger partial charge is 0.409 e. The van der Waals surface area contributed by atoms with Gasteiger partial charge in [0.15, 0.2) is 0 Å². The summed E-state index contributed by atoms with van der Waals surface area (Å²) >= 11 is 0. The number of aryl methyl sites for hydroxylation is 1. The normalized spacial score (nSPS) is 11.8. The van der Waals surface area contributed by atoms with Gasteiger partial charge in [0.05, 0.1) is 16.2 Å². The van der Waals surface area contributed by atoms with Crippen LogP contribution in [0.3, 0.4) is 0 Å². The van der Waals surface area contributed by atoms with Gasteiger partial charge in [-0.25, -0.2) is 9.68 Å². The van der Waals surface area contributed by atoms with Crippen molar-refractivity contribution in [1.29, 1.82) is 0 Å². The summed E-state index contributed by atoms with van der Waals surface area (Å²) in [4.78, 5) is 44.4. The van der Waals surface area contributed by atoms with Crippen molar-refractivity contribution in [3.63, 3.8) is 0 Å². The first-order valence-corrected chi connectivity index (χ1v) is 15.1. The molecule has 0 aliphatic carbocycles. The van der Waals surface area contributed by atoms with E-state index in [4.69, 9.17) is 19.6 Å². The highest BCUT2D eigenvalue weighted by atomic mass is 19.4. The van der Waals surface area contributed by atoms with Crippen molar-refractivity contribution in [3.05, 3.63) is 123 Å². The average molecular weight is 754 g/mol. The van der Waals surface area contributed by atoms with Crippen LogP contribution in [0.2, 0.25) is 0 Å². The topological polar surface area (TPSA) is 179 Å². The predicted molar refractivity (Wildman–Crippen MR) is 173 cm³/mol. The van der Waals surface area contributed by atoms with Gasteiger partial charge < -0.3 is 19.9 Å². The molecule has 4 aromatic carbocycles. The molecule has 0 atom stereocenters. The number of nitrogens with zero attached hydrogens (tertiary/aromatic N) is 1. The third-order valence-electron chi connectivity index (χ3n) is 7.85. The molecule has 0 aromatic heterocycles. The molecular formula is C34H29F6N3O10. The SMILES string of the molecule is Cc1cccc(COO)c1CONc1ccc(OCC(COc2ccc(NC(=O)c3c(C(=O)O)cccc3[N+](=O)[O-])cc2)(C(F)(F)F)C(F)(F)F)cc1. The van der Waals surface area contributed by atoms with E-state index in [9.17, 15) is 51.2 Å². The summed E-state index contributed by atoms with van der Waals surface area (Å²) in [6, 6.07) is 16.9. The molecule has 0 radical (unpaired) electrons. The minimum absolute atomic E-state index is 0.0206. The van der Waals surface area contributed by atoms with Crippen LogP contribution in [0.25, 0.3) is 0 Å². The Balaban J connectivity index is 1.42. The zero-order valence-electron chi connectivity index (χ0n) is 27.3. The molecule has 4 aromatic rings.